The summed E-state index contributed by atoms with van der Waals surface area (Å²) in [6, 6.07) is 6.06. The Hall–Kier alpha value is -1.31. The van der Waals surface area contributed by atoms with Gasteiger partial charge in [-0.15, -0.1) is 0 Å². The van der Waals surface area contributed by atoms with Crippen LogP contribution in [0.1, 0.15) is 36.0 Å². The molecular weight excluding hydrogens is 176 g/mol. The summed E-state index contributed by atoms with van der Waals surface area (Å²) in [6.45, 7) is 6.02. The minimum atomic E-state index is -0.736. The molecule has 2 nitrogen and oxygen atoms in total. The molecule has 1 aromatic carbocycles. The van der Waals surface area contributed by atoms with E-state index in [1.54, 1.807) is 0 Å². The molecule has 1 aromatic rings. The van der Waals surface area contributed by atoms with Crippen LogP contribution in [0.5, 0.6) is 0 Å². The van der Waals surface area contributed by atoms with Gasteiger partial charge in [-0.1, -0.05) is 25.1 Å². The van der Waals surface area contributed by atoms with Crippen molar-refractivity contribution < 1.29 is 9.90 Å². The van der Waals surface area contributed by atoms with E-state index in [1.807, 2.05) is 39.0 Å². The van der Waals surface area contributed by atoms with Gasteiger partial charge in [-0.05, 0) is 36.5 Å². The van der Waals surface area contributed by atoms with Gasteiger partial charge in [0.25, 0.3) is 0 Å². The molecule has 0 aliphatic carbocycles. The Kier molecular flexibility index (Phi) is 3.28. The van der Waals surface area contributed by atoms with E-state index in [9.17, 15) is 4.79 Å². The Morgan fingerprint density at radius 1 is 1.36 bits per heavy atom. The Labute approximate surface area is 84.6 Å². The van der Waals surface area contributed by atoms with E-state index >= 15 is 0 Å². The van der Waals surface area contributed by atoms with Crippen LogP contribution >= 0.6 is 0 Å². The molecule has 0 saturated heterocycles. The minimum absolute atomic E-state index is 0.0914. The maximum Gasteiger partial charge on any atom is 0.303 e. The summed E-state index contributed by atoms with van der Waals surface area (Å²) >= 11 is 0. The first-order valence-electron chi connectivity index (χ1n) is 4.80. The maximum atomic E-state index is 10.6. The molecule has 0 amide bonds. The quantitative estimate of drug-likeness (QED) is 0.799. The van der Waals surface area contributed by atoms with Gasteiger partial charge in [-0.25, -0.2) is 0 Å². The molecule has 0 saturated carbocycles. The lowest BCUT2D eigenvalue weighted by Crippen LogP contribution is -2.06. The Balaban J connectivity index is 2.99. The molecule has 1 unspecified atom stereocenters. The van der Waals surface area contributed by atoms with Crippen LogP contribution in [0.15, 0.2) is 18.2 Å². The summed E-state index contributed by atoms with van der Waals surface area (Å²) in [5, 5.41) is 8.73. The number of hydrogen-bond donors (Lipinski definition) is 1. The molecule has 0 aliphatic heterocycles. The van der Waals surface area contributed by atoms with E-state index in [0.717, 1.165) is 0 Å². The first-order valence-corrected chi connectivity index (χ1v) is 4.80. The smallest absolute Gasteiger partial charge is 0.303 e. The Morgan fingerprint density at radius 2 is 1.86 bits per heavy atom. The Morgan fingerprint density at radius 3 is 2.29 bits per heavy atom. The number of carboxylic acid groups (broad SMARTS) is 1. The summed E-state index contributed by atoms with van der Waals surface area (Å²) < 4.78 is 0. The monoisotopic (exact) mass is 192 g/mol. The number of aryl methyl sites for hydroxylation is 2. The van der Waals surface area contributed by atoms with Crippen molar-refractivity contribution in [2.45, 2.75) is 33.1 Å². The van der Waals surface area contributed by atoms with Gasteiger partial charge in [-0.2, -0.15) is 0 Å². The second-order valence-electron chi connectivity index (χ2n) is 3.80. The highest BCUT2D eigenvalue weighted by atomic mass is 16.4. The summed E-state index contributed by atoms with van der Waals surface area (Å²) in [7, 11) is 0. The molecule has 0 bridgehead atoms. The average molecular weight is 192 g/mol. The van der Waals surface area contributed by atoms with Gasteiger partial charge in [0.05, 0.1) is 6.42 Å². The summed E-state index contributed by atoms with van der Waals surface area (Å²) in [6.07, 6.45) is 0.200. The van der Waals surface area contributed by atoms with Crippen LogP contribution in [0, 0.1) is 13.8 Å². The van der Waals surface area contributed by atoms with Crippen LogP contribution in [-0.4, -0.2) is 11.1 Å². The van der Waals surface area contributed by atoms with Crippen molar-refractivity contribution in [1.82, 2.24) is 0 Å². The SMILES string of the molecule is Cc1cccc(C)c1C(C)CC(=O)O. The molecule has 0 spiro atoms. The minimum Gasteiger partial charge on any atom is -0.481 e. The predicted octanol–water partition coefficient (Wildman–Crippen LogP) is 2.88. The van der Waals surface area contributed by atoms with Crippen LogP contribution in [0.3, 0.4) is 0 Å². The van der Waals surface area contributed by atoms with Gasteiger partial charge in [0.1, 0.15) is 0 Å². The maximum absolute atomic E-state index is 10.6. The van der Waals surface area contributed by atoms with Gasteiger partial charge in [0, 0.05) is 0 Å². The predicted molar refractivity (Wildman–Crippen MR) is 56.6 cm³/mol. The zero-order valence-corrected chi connectivity index (χ0v) is 8.87. The molecule has 1 atom stereocenters. The van der Waals surface area contributed by atoms with Crippen LogP contribution in [0.2, 0.25) is 0 Å². The first kappa shape index (κ1) is 10.8. The van der Waals surface area contributed by atoms with E-state index in [4.69, 9.17) is 5.11 Å². The average Bonchev–Trinajstić information content (AvgIpc) is 2.01. The van der Waals surface area contributed by atoms with Gasteiger partial charge < -0.3 is 5.11 Å². The molecule has 2 heteroatoms. The lowest BCUT2D eigenvalue weighted by molar-refractivity contribution is -0.137. The fraction of sp³-hybridized carbons (Fsp3) is 0.417. The van der Waals surface area contributed by atoms with E-state index in [1.165, 1.54) is 16.7 Å². The molecule has 0 aliphatic rings. The highest BCUT2D eigenvalue weighted by Gasteiger charge is 2.13. The van der Waals surface area contributed by atoms with Crippen LogP contribution in [0.25, 0.3) is 0 Å². The third-order valence-electron chi connectivity index (χ3n) is 2.52. The van der Waals surface area contributed by atoms with E-state index in [0.29, 0.717) is 0 Å². The molecular formula is C12H16O2. The third-order valence-corrected chi connectivity index (χ3v) is 2.52. The fourth-order valence-electron chi connectivity index (χ4n) is 1.97. The zero-order chi connectivity index (χ0) is 10.7. The summed E-state index contributed by atoms with van der Waals surface area (Å²) in [4.78, 5) is 10.6. The molecule has 1 N–H and O–H groups in total. The number of aliphatic carboxylic acids is 1. The second kappa shape index (κ2) is 4.27. The number of rotatable bonds is 3. The molecule has 1 rings (SSSR count). The number of hydrogen-bond acceptors (Lipinski definition) is 1. The van der Waals surface area contributed by atoms with Crippen molar-refractivity contribution in [3.63, 3.8) is 0 Å². The Bertz CT molecular complexity index is 322. The lowest BCUT2D eigenvalue weighted by atomic mass is 9.90. The van der Waals surface area contributed by atoms with Crippen LogP contribution < -0.4 is 0 Å². The zero-order valence-electron chi connectivity index (χ0n) is 8.87. The van der Waals surface area contributed by atoms with Gasteiger partial charge in [-0.3, -0.25) is 4.79 Å². The fourth-order valence-corrected chi connectivity index (χ4v) is 1.97. The number of benzene rings is 1. The lowest BCUT2D eigenvalue weighted by Gasteiger charge is -2.15. The molecule has 14 heavy (non-hydrogen) atoms. The molecule has 0 heterocycles. The molecule has 0 aromatic heterocycles. The molecule has 0 radical (unpaired) electrons. The highest BCUT2D eigenvalue weighted by molar-refractivity contribution is 5.68. The first-order chi connectivity index (χ1) is 6.52. The third kappa shape index (κ3) is 2.34. The summed E-state index contributed by atoms with van der Waals surface area (Å²) in [5.41, 5.74) is 3.53. The topological polar surface area (TPSA) is 37.3 Å². The van der Waals surface area contributed by atoms with Crippen molar-refractivity contribution in [2.24, 2.45) is 0 Å². The van der Waals surface area contributed by atoms with E-state index < -0.39 is 5.97 Å². The van der Waals surface area contributed by atoms with Gasteiger partial charge in [0.15, 0.2) is 0 Å². The summed E-state index contributed by atoms with van der Waals surface area (Å²) in [5.74, 6) is -0.645. The standard InChI is InChI=1S/C12H16O2/c1-8-5-4-6-9(2)12(8)10(3)7-11(13)14/h4-6,10H,7H2,1-3H3,(H,13,14). The van der Waals surface area contributed by atoms with Gasteiger partial charge >= 0.3 is 5.97 Å². The second-order valence-corrected chi connectivity index (χ2v) is 3.80. The van der Waals surface area contributed by atoms with Crippen molar-refractivity contribution in [3.05, 3.63) is 34.9 Å². The van der Waals surface area contributed by atoms with Crippen LogP contribution in [-0.2, 0) is 4.79 Å². The number of carboxylic acids is 1. The highest BCUT2D eigenvalue weighted by Crippen LogP contribution is 2.25. The van der Waals surface area contributed by atoms with Crippen molar-refractivity contribution in [3.8, 4) is 0 Å². The van der Waals surface area contributed by atoms with Crippen LogP contribution in [0.4, 0.5) is 0 Å². The molecule has 76 valence electrons. The van der Waals surface area contributed by atoms with E-state index in [-0.39, 0.29) is 12.3 Å². The van der Waals surface area contributed by atoms with E-state index in [2.05, 4.69) is 0 Å². The van der Waals surface area contributed by atoms with Crippen molar-refractivity contribution in [1.29, 1.82) is 0 Å². The van der Waals surface area contributed by atoms with Gasteiger partial charge in [0.2, 0.25) is 0 Å². The normalized spacial score (nSPS) is 12.5. The number of carbonyl (C=O) groups is 1. The van der Waals surface area contributed by atoms with Crippen molar-refractivity contribution in [2.75, 3.05) is 0 Å². The molecule has 0 fully saturated rings. The van der Waals surface area contributed by atoms with Crippen molar-refractivity contribution >= 4 is 5.97 Å². The largest absolute Gasteiger partial charge is 0.481 e.